The molecule has 0 unspecified atom stereocenters. The van der Waals surface area contributed by atoms with Gasteiger partial charge in [0.15, 0.2) is 6.10 Å². The topological polar surface area (TPSA) is 129 Å². The molecule has 2 atom stereocenters. The second kappa shape index (κ2) is 20.3. The summed E-state index contributed by atoms with van der Waals surface area (Å²) in [6.07, 6.45) is 12.0. The van der Waals surface area contributed by atoms with Crippen LogP contribution in [0.2, 0.25) is 0 Å². The first-order valence-corrected chi connectivity index (χ1v) is 14.7. The van der Waals surface area contributed by atoms with Crippen LogP contribution in [-0.4, -0.2) is 65.9 Å². The molecule has 10 heteroatoms. The van der Waals surface area contributed by atoms with Crippen molar-refractivity contribution in [2.45, 2.75) is 130 Å². The molecule has 1 N–H and O–H groups in total. The van der Waals surface area contributed by atoms with Crippen LogP contribution in [0, 0.1) is 0 Å². The minimum Gasteiger partial charge on any atom is -0.463 e. The highest BCUT2D eigenvalue weighted by Crippen LogP contribution is 2.28. The van der Waals surface area contributed by atoms with Gasteiger partial charge in [-0.15, -0.1) is 0 Å². The van der Waals surface area contributed by atoms with Gasteiger partial charge in [0.25, 0.3) is 5.76 Å². The minimum absolute atomic E-state index is 0.216. The summed E-state index contributed by atoms with van der Waals surface area (Å²) < 4.78 is 20.4. The third-order valence-corrected chi connectivity index (χ3v) is 6.62. The SMILES string of the molecule is CCCCCCCCCCCCCCCC(=O)OC[C@H](O)[C@H]1OC(=O)C(OC(C)=O)=C1OC(=O)N(CC)CC. The number of nitrogens with zero attached hydrogens (tertiary/aromatic N) is 1. The van der Waals surface area contributed by atoms with Crippen molar-refractivity contribution >= 4 is 24.0 Å². The molecule has 39 heavy (non-hydrogen) atoms. The molecule has 0 spiro atoms. The monoisotopic (exact) mass is 555 g/mol. The van der Waals surface area contributed by atoms with Crippen molar-refractivity contribution < 1.29 is 43.2 Å². The van der Waals surface area contributed by atoms with Gasteiger partial charge in [-0.05, 0) is 20.3 Å². The first kappa shape index (κ1) is 34.4. The van der Waals surface area contributed by atoms with E-state index in [0.29, 0.717) is 19.5 Å². The van der Waals surface area contributed by atoms with E-state index in [1.807, 2.05) is 0 Å². The molecule has 0 saturated carbocycles. The van der Waals surface area contributed by atoms with Crippen LogP contribution >= 0.6 is 0 Å². The van der Waals surface area contributed by atoms with E-state index in [9.17, 15) is 24.3 Å². The van der Waals surface area contributed by atoms with Crippen molar-refractivity contribution in [3.05, 3.63) is 11.5 Å². The van der Waals surface area contributed by atoms with Gasteiger partial charge in [0.2, 0.25) is 5.76 Å². The zero-order chi connectivity index (χ0) is 29.0. The van der Waals surface area contributed by atoms with Crippen LogP contribution in [0.4, 0.5) is 4.79 Å². The zero-order valence-corrected chi connectivity index (χ0v) is 24.3. The molecule has 0 aromatic carbocycles. The van der Waals surface area contributed by atoms with E-state index in [1.165, 1.54) is 62.7 Å². The predicted octanol–water partition coefficient (Wildman–Crippen LogP) is 5.55. The van der Waals surface area contributed by atoms with Gasteiger partial charge in [-0.3, -0.25) is 9.59 Å². The average Bonchev–Trinajstić information content (AvgIpc) is 3.20. The summed E-state index contributed by atoms with van der Waals surface area (Å²) in [6, 6.07) is 0. The first-order chi connectivity index (χ1) is 18.7. The van der Waals surface area contributed by atoms with E-state index in [-0.39, 0.29) is 6.42 Å². The number of aliphatic hydroxyl groups is 1. The van der Waals surface area contributed by atoms with Gasteiger partial charge in [0.1, 0.15) is 12.7 Å². The molecule has 1 rings (SSSR count). The van der Waals surface area contributed by atoms with Gasteiger partial charge in [0.05, 0.1) is 0 Å². The molecule has 0 aliphatic carbocycles. The van der Waals surface area contributed by atoms with Gasteiger partial charge in [0, 0.05) is 26.4 Å². The fourth-order valence-electron chi connectivity index (χ4n) is 4.31. The van der Waals surface area contributed by atoms with Crippen molar-refractivity contribution in [1.82, 2.24) is 4.90 Å². The Labute approximate surface area is 233 Å². The molecule has 0 fully saturated rings. The first-order valence-electron chi connectivity index (χ1n) is 14.7. The van der Waals surface area contributed by atoms with Crippen LogP contribution in [0.15, 0.2) is 11.5 Å². The molecular weight excluding hydrogens is 506 g/mol. The van der Waals surface area contributed by atoms with E-state index in [1.54, 1.807) is 13.8 Å². The van der Waals surface area contributed by atoms with E-state index >= 15 is 0 Å². The van der Waals surface area contributed by atoms with E-state index in [0.717, 1.165) is 26.2 Å². The van der Waals surface area contributed by atoms with E-state index < -0.39 is 54.3 Å². The summed E-state index contributed by atoms with van der Waals surface area (Å²) in [5.41, 5.74) is 0. The third-order valence-electron chi connectivity index (χ3n) is 6.62. The number of aliphatic hydroxyl groups excluding tert-OH is 1. The molecular formula is C29H49NO9. The van der Waals surface area contributed by atoms with Crippen molar-refractivity contribution in [1.29, 1.82) is 0 Å². The maximum atomic E-state index is 12.4. The smallest absolute Gasteiger partial charge is 0.415 e. The molecule has 224 valence electrons. The van der Waals surface area contributed by atoms with E-state index in [4.69, 9.17) is 18.9 Å². The maximum absolute atomic E-state index is 12.4. The Morgan fingerprint density at radius 1 is 0.846 bits per heavy atom. The Bertz CT molecular complexity index is 792. The van der Waals surface area contributed by atoms with Crippen LogP contribution < -0.4 is 0 Å². The largest absolute Gasteiger partial charge is 0.463 e. The highest BCUT2D eigenvalue weighted by atomic mass is 16.6. The summed E-state index contributed by atoms with van der Waals surface area (Å²) in [6.45, 7) is 6.99. The third kappa shape index (κ3) is 13.8. The zero-order valence-electron chi connectivity index (χ0n) is 24.3. The van der Waals surface area contributed by atoms with E-state index in [2.05, 4.69) is 6.92 Å². The molecule has 0 aromatic heterocycles. The average molecular weight is 556 g/mol. The number of carbonyl (C=O) groups is 4. The normalized spacial score (nSPS) is 15.6. The number of hydrogen-bond donors (Lipinski definition) is 1. The lowest BCUT2D eigenvalue weighted by Crippen LogP contribution is -2.37. The molecule has 0 radical (unpaired) electrons. The fourth-order valence-corrected chi connectivity index (χ4v) is 4.31. The highest BCUT2D eigenvalue weighted by molar-refractivity contribution is 5.93. The minimum atomic E-state index is -1.52. The van der Waals surface area contributed by atoms with Crippen molar-refractivity contribution in [2.75, 3.05) is 19.7 Å². The van der Waals surface area contributed by atoms with Crippen LogP contribution in [-0.2, 0) is 33.3 Å². The lowest BCUT2D eigenvalue weighted by molar-refractivity contribution is -0.156. The molecule has 1 aliphatic heterocycles. The molecule has 1 heterocycles. The Balaban J connectivity index is 2.37. The summed E-state index contributed by atoms with van der Waals surface area (Å²) in [7, 11) is 0. The molecule has 0 aromatic rings. The number of hydrogen-bond acceptors (Lipinski definition) is 9. The van der Waals surface area contributed by atoms with Crippen molar-refractivity contribution in [3.8, 4) is 0 Å². The number of esters is 3. The summed E-state index contributed by atoms with van der Waals surface area (Å²) in [5.74, 6) is -3.39. The Morgan fingerprint density at radius 3 is 1.85 bits per heavy atom. The fraction of sp³-hybridized carbons (Fsp3) is 0.793. The standard InChI is InChI=1S/C29H49NO9/c1-5-8-9-10-11-12-13-14-15-16-17-18-19-20-24(33)36-21-23(32)25-26(39-29(35)30(6-2)7-3)27(28(34)38-25)37-22(4)31/h23,25,32H,5-21H2,1-4H3/t23-,25+/m0/s1. The van der Waals surface area contributed by atoms with Crippen LogP contribution in [0.1, 0.15) is 118 Å². The predicted molar refractivity (Wildman–Crippen MR) is 145 cm³/mol. The molecule has 10 nitrogen and oxygen atoms in total. The maximum Gasteiger partial charge on any atom is 0.415 e. The van der Waals surface area contributed by atoms with Crippen LogP contribution in [0.25, 0.3) is 0 Å². The number of amides is 1. The molecule has 1 aliphatic rings. The number of ether oxygens (including phenoxy) is 4. The number of unbranched alkanes of at least 4 members (excludes halogenated alkanes) is 12. The summed E-state index contributed by atoms with van der Waals surface area (Å²) in [4.78, 5) is 49.6. The lowest BCUT2D eigenvalue weighted by Gasteiger charge is -2.22. The number of rotatable bonds is 21. The van der Waals surface area contributed by atoms with Crippen LogP contribution in [0.5, 0.6) is 0 Å². The Morgan fingerprint density at radius 2 is 1.36 bits per heavy atom. The van der Waals surface area contributed by atoms with Crippen molar-refractivity contribution in [2.24, 2.45) is 0 Å². The van der Waals surface area contributed by atoms with Gasteiger partial charge in [-0.25, -0.2) is 9.59 Å². The van der Waals surface area contributed by atoms with Gasteiger partial charge >= 0.3 is 24.0 Å². The molecule has 1 amide bonds. The molecule has 0 bridgehead atoms. The Hall–Kier alpha value is -2.62. The highest BCUT2D eigenvalue weighted by Gasteiger charge is 2.44. The summed E-state index contributed by atoms with van der Waals surface area (Å²) in [5, 5.41) is 10.6. The summed E-state index contributed by atoms with van der Waals surface area (Å²) >= 11 is 0. The number of cyclic esters (lactones) is 1. The van der Waals surface area contributed by atoms with Gasteiger partial charge < -0.3 is 29.0 Å². The van der Waals surface area contributed by atoms with Crippen LogP contribution in [0.3, 0.4) is 0 Å². The van der Waals surface area contributed by atoms with Crippen molar-refractivity contribution in [3.63, 3.8) is 0 Å². The lowest BCUT2D eigenvalue weighted by atomic mass is 10.0. The molecule has 0 saturated heterocycles. The van der Waals surface area contributed by atoms with Gasteiger partial charge in [-0.2, -0.15) is 0 Å². The quantitative estimate of drug-likeness (QED) is 0.110. The second-order valence-electron chi connectivity index (χ2n) is 9.90. The second-order valence-corrected chi connectivity index (χ2v) is 9.90. The Kier molecular flexibility index (Phi) is 17.9. The van der Waals surface area contributed by atoms with Gasteiger partial charge in [-0.1, -0.05) is 84.0 Å². The number of carbonyl (C=O) groups excluding carboxylic acids is 4.